The Labute approximate surface area is 203 Å². The highest BCUT2D eigenvalue weighted by Crippen LogP contribution is 2.31. The van der Waals surface area contributed by atoms with Gasteiger partial charge in [0.25, 0.3) is 5.91 Å². The van der Waals surface area contributed by atoms with E-state index in [1.807, 2.05) is 19.9 Å². The van der Waals surface area contributed by atoms with Crippen LogP contribution < -0.4 is 4.90 Å². The minimum absolute atomic E-state index is 0.128. The molecule has 3 aromatic rings. The number of fused-ring (bicyclic) bond motifs is 1. The van der Waals surface area contributed by atoms with E-state index in [4.69, 9.17) is 0 Å². The molecule has 1 amide bonds. The second kappa shape index (κ2) is 10.4. The Morgan fingerprint density at radius 3 is 2.41 bits per heavy atom. The third kappa shape index (κ3) is 4.94. The summed E-state index contributed by atoms with van der Waals surface area (Å²) < 4.78 is 42.1. The Hall–Kier alpha value is -2.56. The topological polar surface area (TPSA) is 73.8 Å². The zero-order chi connectivity index (χ0) is 24.3. The van der Waals surface area contributed by atoms with E-state index in [2.05, 4.69) is 9.88 Å². The van der Waals surface area contributed by atoms with Crippen LogP contribution in [0.5, 0.6) is 0 Å². The monoisotopic (exact) mass is 504 g/mol. The van der Waals surface area contributed by atoms with Gasteiger partial charge in [0.1, 0.15) is 11.3 Å². The third-order valence-corrected chi connectivity index (χ3v) is 9.12. The van der Waals surface area contributed by atoms with Gasteiger partial charge in [-0.05, 0) is 42.8 Å². The molecule has 2 aromatic carbocycles. The number of unbranched alkanes of at least 4 members (excludes halogenated alkanes) is 1. The van der Waals surface area contributed by atoms with Crippen LogP contribution in [-0.4, -0.2) is 67.8 Å². The lowest BCUT2D eigenvalue weighted by molar-refractivity contribution is 0.0746. The lowest BCUT2D eigenvalue weighted by Gasteiger charge is -2.34. The van der Waals surface area contributed by atoms with Crippen LogP contribution in [0.4, 0.5) is 9.52 Å². The minimum Gasteiger partial charge on any atom is -0.345 e. The normalized spacial score (nSPS) is 14.8. The van der Waals surface area contributed by atoms with Gasteiger partial charge in [0.2, 0.25) is 10.0 Å². The van der Waals surface area contributed by atoms with E-state index < -0.39 is 10.0 Å². The lowest BCUT2D eigenvalue weighted by Crippen LogP contribution is -2.48. The molecule has 1 aromatic heterocycles. The summed E-state index contributed by atoms with van der Waals surface area (Å²) in [7, 11) is -3.57. The molecule has 1 saturated heterocycles. The van der Waals surface area contributed by atoms with Gasteiger partial charge in [-0.2, -0.15) is 4.31 Å². The van der Waals surface area contributed by atoms with Crippen molar-refractivity contribution in [2.24, 2.45) is 0 Å². The number of rotatable bonds is 8. The molecule has 0 aliphatic carbocycles. The number of thiazole rings is 1. The van der Waals surface area contributed by atoms with Crippen molar-refractivity contribution in [3.05, 3.63) is 53.8 Å². The number of carbonyl (C=O) groups excluding carboxylic acids is 1. The predicted molar refractivity (Wildman–Crippen MR) is 133 cm³/mol. The van der Waals surface area contributed by atoms with Gasteiger partial charge in [-0.25, -0.2) is 17.8 Å². The Morgan fingerprint density at radius 1 is 1.09 bits per heavy atom. The van der Waals surface area contributed by atoms with Crippen LogP contribution in [0.1, 0.15) is 37.0 Å². The van der Waals surface area contributed by atoms with Gasteiger partial charge < -0.3 is 9.80 Å². The smallest absolute Gasteiger partial charge is 0.253 e. The minimum atomic E-state index is -3.57. The quantitative estimate of drug-likeness (QED) is 0.460. The summed E-state index contributed by atoms with van der Waals surface area (Å²) in [5, 5.41) is 0.755. The summed E-state index contributed by atoms with van der Waals surface area (Å²) >= 11 is 1.45. The first kappa shape index (κ1) is 24.6. The number of hydrogen-bond donors (Lipinski definition) is 0. The average molecular weight is 505 g/mol. The van der Waals surface area contributed by atoms with E-state index in [0.29, 0.717) is 50.3 Å². The van der Waals surface area contributed by atoms with E-state index in [1.165, 1.54) is 33.8 Å². The number of sulfonamides is 1. The Balaban J connectivity index is 1.40. The first-order chi connectivity index (χ1) is 16.3. The molecule has 1 fully saturated rings. The molecular weight excluding hydrogens is 475 g/mol. The molecule has 2 heterocycles. The van der Waals surface area contributed by atoms with Gasteiger partial charge in [0.05, 0.1) is 9.60 Å². The van der Waals surface area contributed by atoms with Crippen molar-refractivity contribution < 1.29 is 17.6 Å². The molecule has 4 rings (SSSR count). The molecule has 0 N–H and O–H groups in total. The van der Waals surface area contributed by atoms with Crippen LogP contribution in [0.15, 0.2) is 47.4 Å². The van der Waals surface area contributed by atoms with Crippen LogP contribution in [0, 0.1) is 5.82 Å². The Bertz CT molecular complexity index is 1250. The summed E-state index contributed by atoms with van der Waals surface area (Å²) in [6, 6.07) is 11.2. The van der Waals surface area contributed by atoms with E-state index in [1.54, 1.807) is 23.1 Å². The van der Waals surface area contributed by atoms with Gasteiger partial charge in [-0.3, -0.25) is 4.79 Å². The van der Waals surface area contributed by atoms with Crippen LogP contribution in [0.3, 0.4) is 0 Å². The SMILES string of the molecule is CCCCN(CC)S(=O)(=O)c1ccc(C(=O)N2CCN(c3nc4c(F)cccc4s3)CC2)cc1. The highest BCUT2D eigenvalue weighted by atomic mass is 32.2. The van der Waals surface area contributed by atoms with Crippen molar-refractivity contribution in [3.63, 3.8) is 0 Å². The second-order valence-electron chi connectivity index (χ2n) is 8.24. The standard InChI is InChI=1S/C24H29FN4O3S2/c1-3-5-13-29(4-2)34(31,32)19-11-9-18(10-12-19)23(30)27-14-16-28(17-15-27)24-26-22-20(25)7-6-8-21(22)33-24/h6-12H,3-5,13-17H2,1-2H3. The summed E-state index contributed by atoms with van der Waals surface area (Å²) in [6.07, 6.45) is 1.73. The number of amides is 1. The number of aromatic nitrogens is 1. The molecule has 34 heavy (non-hydrogen) atoms. The average Bonchev–Trinajstić information content (AvgIpc) is 3.30. The lowest BCUT2D eigenvalue weighted by atomic mass is 10.2. The van der Waals surface area contributed by atoms with Gasteiger partial charge in [-0.15, -0.1) is 0 Å². The molecule has 0 bridgehead atoms. The number of para-hydroxylation sites is 1. The van der Waals surface area contributed by atoms with Crippen LogP contribution in [0.25, 0.3) is 10.2 Å². The molecule has 0 spiro atoms. The molecular formula is C24H29FN4O3S2. The maximum absolute atomic E-state index is 14.0. The molecule has 0 unspecified atom stereocenters. The van der Waals surface area contributed by atoms with Crippen molar-refractivity contribution in [3.8, 4) is 0 Å². The molecule has 182 valence electrons. The number of halogens is 1. The fraction of sp³-hybridized carbons (Fsp3) is 0.417. The first-order valence-corrected chi connectivity index (χ1v) is 13.8. The fourth-order valence-electron chi connectivity index (χ4n) is 4.02. The fourth-order valence-corrected chi connectivity index (χ4v) is 6.54. The van der Waals surface area contributed by atoms with Crippen LogP contribution in [0.2, 0.25) is 0 Å². The van der Waals surface area contributed by atoms with E-state index in [9.17, 15) is 17.6 Å². The molecule has 0 radical (unpaired) electrons. The number of piperazine rings is 1. The Morgan fingerprint density at radius 2 is 1.79 bits per heavy atom. The number of anilines is 1. The largest absolute Gasteiger partial charge is 0.345 e. The Kier molecular flexibility index (Phi) is 7.49. The van der Waals surface area contributed by atoms with Crippen LogP contribution in [-0.2, 0) is 10.0 Å². The van der Waals surface area contributed by atoms with Crippen molar-refractivity contribution in [2.45, 2.75) is 31.6 Å². The zero-order valence-electron chi connectivity index (χ0n) is 19.4. The van der Waals surface area contributed by atoms with E-state index >= 15 is 0 Å². The van der Waals surface area contributed by atoms with Crippen molar-refractivity contribution in [2.75, 3.05) is 44.2 Å². The third-order valence-electron chi connectivity index (χ3n) is 6.05. The summed E-state index contributed by atoms with van der Waals surface area (Å²) in [4.78, 5) is 21.5. The zero-order valence-corrected chi connectivity index (χ0v) is 21.0. The van der Waals surface area contributed by atoms with Gasteiger partial charge >= 0.3 is 0 Å². The van der Waals surface area contributed by atoms with Gasteiger partial charge in [-0.1, -0.05) is 37.7 Å². The molecule has 10 heteroatoms. The molecule has 7 nitrogen and oxygen atoms in total. The molecule has 0 saturated carbocycles. The maximum atomic E-state index is 14.0. The maximum Gasteiger partial charge on any atom is 0.253 e. The van der Waals surface area contributed by atoms with Crippen molar-refractivity contribution in [1.29, 1.82) is 0 Å². The highest BCUT2D eigenvalue weighted by Gasteiger charge is 2.26. The summed E-state index contributed by atoms with van der Waals surface area (Å²) in [5.41, 5.74) is 0.846. The summed E-state index contributed by atoms with van der Waals surface area (Å²) in [6.45, 7) is 6.98. The molecule has 1 aliphatic rings. The van der Waals surface area contributed by atoms with Crippen LogP contribution >= 0.6 is 11.3 Å². The van der Waals surface area contributed by atoms with E-state index in [-0.39, 0.29) is 16.6 Å². The number of hydrogen-bond acceptors (Lipinski definition) is 6. The van der Waals surface area contributed by atoms with Crippen molar-refractivity contribution >= 4 is 42.6 Å². The second-order valence-corrected chi connectivity index (χ2v) is 11.2. The number of carbonyl (C=O) groups is 1. The van der Waals surface area contributed by atoms with Gasteiger partial charge in [0.15, 0.2) is 5.13 Å². The number of benzene rings is 2. The molecule has 0 atom stereocenters. The first-order valence-electron chi connectivity index (χ1n) is 11.5. The van der Waals surface area contributed by atoms with Crippen molar-refractivity contribution in [1.82, 2.24) is 14.2 Å². The van der Waals surface area contributed by atoms with E-state index in [0.717, 1.165) is 22.7 Å². The highest BCUT2D eigenvalue weighted by molar-refractivity contribution is 7.89. The molecule has 1 aliphatic heterocycles. The summed E-state index contributed by atoms with van der Waals surface area (Å²) in [5.74, 6) is -0.455. The predicted octanol–water partition coefficient (Wildman–Crippen LogP) is 4.21. The number of nitrogens with zero attached hydrogens (tertiary/aromatic N) is 4. The van der Waals surface area contributed by atoms with Gasteiger partial charge in [0, 0.05) is 44.8 Å².